The lowest BCUT2D eigenvalue weighted by molar-refractivity contribution is -0.148. The summed E-state index contributed by atoms with van der Waals surface area (Å²) in [5, 5.41) is 10.6. The van der Waals surface area contributed by atoms with Gasteiger partial charge in [-0.25, -0.2) is 4.39 Å². The van der Waals surface area contributed by atoms with Gasteiger partial charge in [0.15, 0.2) is 5.82 Å². The zero-order valence-corrected chi connectivity index (χ0v) is 19.1. The lowest BCUT2D eigenvalue weighted by Crippen LogP contribution is -2.14. The van der Waals surface area contributed by atoms with Gasteiger partial charge >= 0.3 is 5.97 Å². The van der Waals surface area contributed by atoms with Gasteiger partial charge in [-0.05, 0) is 62.1 Å². The first-order valence-electron chi connectivity index (χ1n) is 11.9. The number of unbranched alkanes of at least 4 members (excludes halogenated alkanes) is 1. The maximum Gasteiger partial charge on any atom is 0.306 e. The summed E-state index contributed by atoms with van der Waals surface area (Å²) in [5.41, 5.74) is 3.41. The first-order valence-corrected chi connectivity index (χ1v) is 11.9. The summed E-state index contributed by atoms with van der Waals surface area (Å²) in [7, 11) is 0. The van der Waals surface area contributed by atoms with Crippen molar-refractivity contribution in [1.82, 2.24) is 10.2 Å². The predicted octanol–water partition coefficient (Wildman–Crippen LogP) is 6.57. The maximum absolute atomic E-state index is 15.2. The summed E-state index contributed by atoms with van der Waals surface area (Å²) in [6, 6.07) is 5.82. The Balaban J connectivity index is 1.66. The van der Waals surface area contributed by atoms with Crippen LogP contribution in [0.4, 0.5) is 15.9 Å². The van der Waals surface area contributed by atoms with Crippen LogP contribution in [0.2, 0.25) is 0 Å². The number of nitrogens with one attached hydrogen (secondary N) is 2. The number of aromatic nitrogens is 2. The Bertz CT molecular complexity index is 864. The second-order valence-electron chi connectivity index (χ2n) is 8.62. The van der Waals surface area contributed by atoms with E-state index in [9.17, 15) is 4.79 Å². The lowest BCUT2D eigenvalue weighted by Gasteiger charge is -2.14. The molecule has 31 heavy (non-hydrogen) atoms. The highest BCUT2D eigenvalue weighted by atomic mass is 19.1. The van der Waals surface area contributed by atoms with Crippen LogP contribution in [0.3, 0.4) is 0 Å². The van der Waals surface area contributed by atoms with Crippen molar-refractivity contribution in [3.05, 3.63) is 40.8 Å². The van der Waals surface area contributed by atoms with E-state index in [1.54, 1.807) is 0 Å². The molecule has 6 heteroatoms. The van der Waals surface area contributed by atoms with Crippen LogP contribution in [-0.2, 0) is 22.4 Å². The number of nitrogens with zero attached hydrogens (tertiary/aromatic N) is 1. The maximum atomic E-state index is 15.2. The number of hydrogen-bond donors (Lipinski definition) is 2. The summed E-state index contributed by atoms with van der Waals surface area (Å²) in [6.07, 6.45) is 8.63. The molecule has 2 unspecified atom stereocenters. The molecule has 0 radical (unpaired) electrons. The minimum atomic E-state index is -0.163. The van der Waals surface area contributed by atoms with Gasteiger partial charge < -0.3 is 10.1 Å². The zero-order valence-electron chi connectivity index (χ0n) is 19.1. The van der Waals surface area contributed by atoms with E-state index < -0.39 is 0 Å². The van der Waals surface area contributed by atoms with Crippen LogP contribution >= 0.6 is 0 Å². The zero-order chi connectivity index (χ0) is 22.2. The molecule has 1 aromatic heterocycles. The number of carbonyl (C=O) groups is 1. The number of benzene rings is 1. The number of aromatic amines is 1. The fourth-order valence-corrected chi connectivity index (χ4v) is 4.41. The molecule has 2 atom stereocenters. The fraction of sp³-hybridized carbons (Fsp3) is 0.600. The Morgan fingerprint density at radius 2 is 2.03 bits per heavy atom. The summed E-state index contributed by atoms with van der Waals surface area (Å²) in [6.45, 7) is 6.21. The predicted molar refractivity (Wildman–Crippen MR) is 122 cm³/mol. The molecule has 1 fully saturated rings. The molecule has 1 saturated carbocycles. The van der Waals surface area contributed by atoms with Crippen LogP contribution in [0.5, 0.6) is 0 Å². The molecule has 0 saturated heterocycles. The standard InChI is InChI=1S/C25H36FN3O2/c1-4-7-10-17-12-14-21(25(26)20(17)8-5-2)27-23-16-22(28-29-23)18-11-13-19(15-18)31-24(30)9-6-3/h12,14,16,18-19H,4-11,13,15H2,1-3H3,(H2,27,28,29). The fourth-order valence-electron chi connectivity index (χ4n) is 4.41. The van der Waals surface area contributed by atoms with Crippen molar-refractivity contribution in [3.8, 4) is 0 Å². The van der Waals surface area contributed by atoms with Gasteiger partial charge in [0.1, 0.15) is 11.9 Å². The van der Waals surface area contributed by atoms with E-state index in [1.165, 1.54) is 0 Å². The molecule has 1 aromatic carbocycles. The summed E-state index contributed by atoms with van der Waals surface area (Å²) in [4.78, 5) is 11.7. The molecule has 1 aliphatic rings. The van der Waals surface area contributed by atoms with Gasteiger partial charge in [-0.2, -0.15) is 5.10 Å². The number of anilines is 2. The molecule has 0 aliphatic heterocycles. The van der Waals surface area contributed by atoms with E-state index in [-0.39, 0.29) is 23.8 Å². The highest BCUT2D eigenvalue weighted by molar-refractivity contribution is 5.69. The van der Waals surface area contributed by atoms with Gasteiger partial charge in [0.25, 0.3) is 0 Å². The molecule has 0 amide bonds. The molecular formula is C25H36FN3O2. The highest BCUT2D eigenvalue weighted by Gasteiger charge is 2.29. The number of carbonyl (C=O) groups excluding carboxylic acids is 1. The summed E-state index contributed by atoms with van der Waals surface area (Å²) in [5.74, 6) is 0.619. The molecule has 1 heterocycles. The number of esters is 1. The molecule has 2 N–H and O–H groups in total. The van der Waals surface area contributed by atoms with Crippen LogP contribution in [-0.4, -0.2) is 22.3 Å². The third-order valence-electron chi connectivity index (χ3n) is 6.08. The second kappa shape index (κ2) is 11.3. The third kappa shape index (κ3) is 6.08. The second-order valence-corrected chi connectivity index (χ2v) is 8.62. The average molecular weight is 430 g/mol. The molecule has 0 spiro atoms. The SMILES string of the molecule is CCCCc1ccc(Nc2cc(C3CCC(OC(=O)CCC)C3)[nH]n2)c(F)c1CCC. The summed E-state index contributed by atoms with van der Waals surface area (Å²) < 4.78 is 20.8. The van der Waals surface area contributed by atoms with Crippen molar-refractivity contribution in [2.45, 2.75) is 97.0 Å². The van der Waals surface area contributed by atoms with E-state index in [2.05, 4.69) is 29.4 Å². The first-order chi connectivity index (χ1) is 15.0. The average Bonchev–Trinajstić information content (AvgIpc) is 3.40. The van der Waals surface area contributed by atoms with E-state index >= 15 is 4.39 Å². The normalized spacial score (nSPS) is 18.3. The van der Waals surface area contributed by atoms with Crippen molar-refractivity contribution in [2.24, 2.45) is 0 Å². The van der Waals surface area contributed by atoms with Crippen LogP contribution in [0, 0.1) is 5.82 Å². The number of rotatable bonds is 11. The van der Waals surface area contributed by atoms with Crippen molar-refractivity contribution < 1.29 is 13.9 Å². The van der Waals surface area contributed by atoms with Crippen LogP contribution in [0.1, 0.15) is 94.9 Å². The van der Waals surface area contributed by atoms with E-state index in [0.29, 0.717) is 17.9 Å². The number of hydrogen-bond acceptors (Lipinski definition) is 4. The molecule has 5 nitrogen and oxygen atoms in total. The Morgan fingerprint density at radius 1 is 1.19 bits per heavy atom. The number of aryl methyl sites for hydroxylation is 1. The van der Waals surface area contributed by atoms with Crippen molar-refractivity contribution in [1.29, 1.82) is 0 Å². The topological polar surface area (TPSA) is 67.0 Å². The van der Waals surface area contributed by atoms with Crippen LogP contribution < -0.4 is 5.32 Å². The Labute approximate surface area is 185 Å². The van der Waals surface area contributed by atoms with E-state index in [0.717, 1.165) is 74.6 Å². The van der Waals surface area contributed by atoms with Crippen molar-refractivity contribution in [2.75, 3.05) is 5.32 Å². The molecule has 2 aromatic rings. The Hall–Kier alpha value is -2.37. The van der Waals surface area contributed by atoms with Crippen molar-refractivity contribution in [3.63, 3.8) is 0 Å². The van der Waals surface area contributed by atoms with Gasteiger partial charge in [0.2, 0.25) is 0 Å². The minimum Gasteiger partial charge on any atom is -0.462 e. The number of H-pyrrole nitrogens is 1. The van der Waals surface area contributed by atoms with Gasteiger partial charge in [-0.1, -0.05) is 39.7 Å². The summed E-state index contributed by atoms with van der Waals surface area (Å²) >= 11 is 0. The van der Waals surface area contributed by atoms with E-state index in [4.69, 9.17) is 4.74 Å². The molecular weight excluding hydrogens is 393 g/mol. The smallest absolute Gasteiger partial charge is 0.306 e. The quantitative estimate of drug-likeness (QED) is 0.397. The van der Waals surface area contributed by atoms with Crippen molar-refractivity contribution >= 4 is 17.5 Å². The minimum absolute atomic E-state index is 0.0199. The van der Waals surface area contributed by atoms with Crippen LogP contribution in [0.25, 0.3) is 0 Å². The highest BCUT2D eigenvalue weighted by Crippen LogP contribution is 2.36. The number of ether oxygens (including phenoxy) is 1. The van der Waals surface area contributed by atoms with Gasteiger partial charge in [-0.3, -0.25) is 9.89 Å². The van der Waals surface area contributed by atoms with Crippen LogP contribution in [0.15, 0.2) is 18.2 Å². The Morgan fingerprint density at radius 3 is 2.77 bits per heavy atom. The molecule has 170 valence electrons. The molecule has 3 rings (SSSR count). The van der Waals surface area contributed by atoms with E-state index in [1.807, 2.05) is 25.1 Å². The van der Waals surface area contributed by atoms with Gasteiger partial charge in [0.05, 0.1) is 5.69 Å². The lowest BCUT2D eigenvalue weighted by atomic mass is 9.97. The van der Waals surface area contributed by atoms with Gasteiger partial charge in [0, 0.05) is 24.1 Å². The first kappa shape index (κ1) is 23.3. The largest absolute Gasteiger partial charge is 0.462 e. The third-order valence-corrected chi connectivity index (χ3v) is 6.08. The Kier molecular flexibility index (Phi) is 8.50. The monoisotopic (exact) mass is 429 g/mol. The molecule has 1 aliphatic carbocycles. The number of halogens is 1. The van der Waals surface area contributed by atoms with Gasteiger partial charge in [-0.15, -0.1) is 0 Å². The molecule has 0 bridgehead atoms.